The maximum Gasteiger partial charge on any atom is 0.266 e. The number of hydrogen-bond donors (Lipinski definition) is 0. The molecule has 204 valence electrons. The highest BCUT2D eigenvalue weighted by Gasteiger charge is 2.29. The predicted octanol–water partition coefficient (Wildman–Crippen LogP) is 6.67. The number of para-hydroxylation sites is 1. The van der Waals surface area contributed by atoms with E-state index in [0.717, 1.165) is 5.56 Å². The number of benzene rings is 3. The van der Waals surface area contributed by atoms with Gasteiger partial charge in [-0.3, -0.25) is 14.2 Å². The summed E-state index contributed by atoms with van der Waals surface area (Å²) in [5.41, 5.74) is 1.92. The van der Waals surface area contributed by atoms with E-state index >= 15 is 0 Å². The maximum absolute atomic E-state index is 14.1. The third-order valence-electron chi connectivity index (χ3n) is 6.81. The molecule has 3 aromatic carbocycles. The number of amides is 1. The predicted molar refractivity (Wildman–Crippen MR) is 162 cm³/mol. The lowest BCUT2D eigenvalue weighted by Crippen LogP contribution is -2.38. The number of carbonyl (C=O) groups is 1. The van der Waals surface area contributed by atoms with Gasteiger partial charge in [-0.05, 0) is 58.4 Å². The summed E-state index contributed by atoms with van der Waals surface area (Å²) in [5.74, 6) is 1.33. The van der Waals surface area contributed by atoms with Gasteiger partial charge in [0.1, 0.15) is 17.3 Å². The van der Waals surface area contributed by atoms with Crippen LogP contribution >= 0.6 is 27.3 Å². The number of aromatic nitrogens is 2. The van der Waals surface area contributed by atoms with E-state index in [1.54, 1.807) is 41.9 Å². The first-order valence-corrected chi connectivity index (χ1v) is 14.4. The van der Waals surface area contributed by atoms with Crippen LogP contribution in [0.25, 0.3) is 16.6 Å². The third kappa shape index (κ3) is 5.39. The van der Waals surface area contributed by atoms with Crippen molar-refractivity contribution >= 4 is 44.1 Å². The summed E-state index contributed by atoms with van der Waals surface area (Å²) in [6.45, 7) is 2.35. The molecule has 0 fully saturated rings. The van der Waals surface area contributed by atoms with E-state index in [0.29, 0.717) is 56.2 Å². The number of nitrogens with zero attached hydrogens (tertiary/aromatic N) is 3. The first-order valence-electron chi connectivity index (χ1n) is 12.7. The zero-order valence-corrected chi connectivity index (χ0v) is 24.7. The highest BCUT2D eigenvalue weighted by atomic mass is 79.9. The van der Waals surface area contributed by atoms with E-state index < -0.39 is 6.04 Å². The summed E-state index contributed by atoms with van der Waals surface area (Å²) in [6, 6.07) is 23.9. The Balaban J connectivity index is 1.71. The second-order valence-electron chi connectivity index (χ2n) is 9.18. The van der Waals surface area contributed by atoms with Crippen LogP contribution in [0.3, 0.4) is 0 Å². The van der Waals surface area contributed by atoms with Gasteiger partial charge in [-0.15, -0.1) is 11.3 Å². The summed E-state index contributed by atoms with van der Waals surface area (Å²) >= 11 is 5.03. The SMILES string of the molecule is COc1cc(OC)c(Br)c(-n2c(C(C)N(CCc3ccccc3)C(=O)c3cccs3)nc3ccccc3c2=O)c1. The molecule has 0 spiro atoms. The molecule has 7 nitrogen and oxygen atoms in total. The average Bonchev–Trinajstić information content (AvgIpc) is 3.53. The lowest BCUT2D eigenvalue weighted by molar-refractivity contribution is 0.0688. The van der Waals surface area contributed by atoms with Crippen LogP contribution in [0, 0.1) is 0 Å². The minimum Gasteiger partial charge on any atom is -0.497 e. The lowest BCUT2D eigenvalue weighted by Gasteiger charge is -2.30. The monoisotopic (exact) mass is 617 g/mol. The highest BCUT2D eigenvalue weighted by Crippen LogP contribution is 2.37. The molecule has 5 rings (SSSR count). The van der Waals surface area contributed by atoms with Gasteiger partial charge in [-0.25, -0.2) is 4.98 Å². The molecule has 0 N–H and O–H groups in total. The van der Waals surface area contributed by atoms with E-state index in [4.69, 9.17) is 14.5 Å². The second-order valence-corrected chi connectivity index (χ2v) is 10.9. The molecule has 1 amide bonds. The van der Waals surface area contributed by atoms with Crippen molar-refractivity contribution in [3.8, 4) is 17.2 Å². The summed E-state index contributed by atoms with van der Waals surface area (Å²) in [6.07, 6.45) is 0.650. The fraction of sp³-hybridized carbons (Fsp3) is 0.194. The Morgan fingerprint density at radius 1 is 1.02 bits per heavy atom. The van der Waals surface area contributed by atoms with Crippen LogP contribution in [-0.2, 0) is 6.42 Å². The third-order valence-corrected chi connectivity index (χ3v) is 8.46. The van der Waals surface area contributed by atoms with Crippen molar-refractivity contribution in [2.45, 2.75) is 19.4 Å². The summed E-state index contributed by atoms with van der Waals surface area (Å²) < 4.78 is 13.2. The van der Waals surface area contributed by atoms with Crippen molar-refractivity contribution in [2.24, 2.45) is 0 Å². The molecular weight excluding hydrogens is 590 g/mol. The van der Waals surface area contributed by atoms with Gasteiger partial charge in [0.15, 0.2) is 0 Å². The van der Waals surface area contributed by atoms with Crippen molar-refractivity contribution in [3.63, 3.8) is 0 Å². The van der Waals surface area contributed by atoms with Crippen LogP contribution in [-0.4, -0.2) is 41.1 Å². The largest absolute Gasteiger partial charge is 0.497 e. The number of ether oxygens (including phenoxy) is 2. The van der Waals surface area contributed by atoms with Gasteiger partial charge in [0, 0.05) is 18.7 Å². The molecule has 0 aliphatic heterocycles. The Morgan fingerprint density at radius 2 is 1.77 bits per heavy atom. The Bertz CT molecular complexity index is 1700. The zero-order valence-electron chi connectivity index (χ0n) is 22.3. The van der Waals surface area contributed by atoms with Crippen molar-refractivity contribution in [1.29, 1.82) is 0 Å². The van der Waals surface area contributed by atoms with Crippen molar-refractivity contribution in [2.75, 3.05) is 20.8 Å². The molecule has 1 atom stereocenters. The Morgan fingerprint density at radius 3 is 2.48 bits per heavy atom. The van der Waals surface area contributed by atoms with E-state index in [1.165, 1.54) is 11.3 Å². The number of thiophene rings is 1. The standard InChI is InChI=1S/C31H28BrN3O4S/c1-20(34(31(37)27-14-9-17-40-27)16-15-21-10-5-4-6-11-21)29-33-24-13-8-7-12-23(24)30(36)35(29)25-18-22(38-2)19-26(39-3)28(25)32/h4-14,17-20H,15-16H2,1-3H3. The molecular formula is C31H28BrN3O4S. The van der Waals surface area contributed by atoms with Crippen LogP contribution in [0.1, 0.15) is 34.0 Å². The number of methoxy groups -OCH3 is 2. The molecule has 0 aliphatic carbocycles. The van der Waals surface area contributed by atoms with Crippen LogP contribution in [0.2, 0.25) is 0 Å². The van der Waals surface area contributed by atoms with Crippen molar-refractivity contribution < 1.29 is 14.3 Å². The molecule has 0 saturated heterocycles. The topological polar surface area (TPSA) is 73.7 Å². The molecule has 0 bridgehead atoms. The molecule has 0 saturated carbocycles. The van der Waals surface area contributed by atoms with E-state index in [-0.39, 0.29) is 11.5 Å². The van der Waals surface area contributed by atoms with Crippen molar-refractivity contribution in [3.05, 3.63) is 115 Å². The lowest BCUT2D eigenvalue weighted by atomic mass is 10.1. The molecule has 40 heavy (non-hydrogen) atoms. The number of fused-ring (bicyclic) bond motifs is 1. The number of hydrogen-bond acceptors (Lipinski definition) is 6. The fourth-order valence-electron chi connectivity index (χ4n) is 4.70. The normalized spacial score (nSPS) is 11.8. The van der Waals surface area contributed by atoms with Gasteiger partial charge in [-0.2, -0.15) is 0 Å². The van der Waals surface area contributed by atoms with Crippen LogP contribution in [0.4, 0.5) is 0 Å². The van der Waals surface area contributed by atoms with Gasteiger partial charge >= 0.3 is 0 Å². The van der Waals surface area contributed by atoms with Gasteiger partial charge in [0.25, 0.3) is 11.5 Å². The summed E-state index contributed by atoms with van der Waals surface area (Å²) in [4.78, 5) is 35.4. The number of rotatable bonds is 9. The van der Waals surface area contributed by atoms with E-state index in [9.17, 15) is 9.59 Å². The van der Waals surface area contributed by atoms with Gasteiger partial charge in [0.05, 0.1) is 46.2 Å². The van der Waals surface area contributed by atoms with E-state index in [2.05, 4.69) is 15.9 Å². The highest BCUT2D eigenvalue weighted by molar-refractivity contribution is 9.10. The Hall–Kier alpha value is -3.95. The Kier molecular flexibility index (Phi) is 8.32. The molecule has 0 aliphatic rings. The quantitative estimate of drug-likeness (QED) is 0.185. The molecule has 2 aromatic heterocycles. The van der Waals surface area contributed by atoms with Crippen LogP contribution in [0.15, 0.2) is 93.5 Å². The fourth-order valence-corrected chi connectivity index (χ4v) is 5.94. The minimum absolute atomic E-state index is 0.116. The minimum atomic E-state index is -0.556. The van der Waals surface area contributed by atoms with Crippen LogP contribution in [0.5, 0.6) is 11.5 Å². The molecule has 1 unspecified atom stereocenters. The first kappa shape index (κ1) is 27.6. The van der Waals surface area contributed by atoms with Crippen molar-refractivity contribution in [1.82, 2.24) is 14.5 Å². The second kappa shape index (κ2) is 12.1. The van der Waals surface area contributed by atoms with E-state index in [1.807, 2.05) is 73.0 Å². The summed E-state index contributed by atoms with van der Waals surface area (Å²) in [5, 5.41) is 2.35. The molecule has 5 aromatic rings. The number of carbonyl (C=O) groups excluding carboxylic acids is 1. The molecule has 9 heteroatoms. The van der Waals surface area contributed by atoms with Crippen LogP contribution < -0.4 is 15.0 Å². The maximum atomic E-state index is 14.1. The number of halogens is 1. The summed E-state index contributed by atoms with van der Waals surface area (Å²) in [7, 11) is 3.11. The Labute approximate surface area is 244 Å². The van der Waals surface area contributed by atoms with Gasteiger partial charge in [0.2, 0.25) is 0 Å². The average molecular weight is 619 g/mol. The van der Waals surface area contributed by atoms with Gasteiger partial charge in [-0.1, -0.05) is 48.5 Å². The molecule has 0 radical (unpaired) electrons. The molecule has 2 heterocycles. The smallest absolute Gasteiger partial charge is 0.266 e. The first-order chi connectivity index (χ1) is 19.4. The van der Waals surface area contributed by atoms with Gasteiger partial charge < -0.3 is 14.4 Å². The zero-order chi connectivity index (χ0) is 28.2.